The summed E-state index contributed by atoms with van der Waals surface area (Å²) >= 11 is 8.01. The number of benzene rings is 2. The summed E-state index contributed by atoms with van der Waals surface area (Å²) in [5, 5.41) is 19.4. The van der Waals surface area contributed by atoms with Crippen LogP contribution < -0.4 is 20.1 Å². The maximum absolute atomic E-state index is 12.0. The summed E-state index contributed by atoms with van der Waals surface area (Å²) < 4.78 is 12.8. The predicted molar refractivity (Wildman–Crippen MR) is 133 cm³/mol. The molecule has 182 valence electrons. The molecule has 0 saturated carbocycles. The molecule has 0 aliphatic carbocycles. The van der Waals surface area contributed by atoms with Gasteiger partial charge in [-0.15, -0.1) is 5.10 Å². The lowest BCUT2D eigenvalue weighted by molar-refractivity contribution is -0.124. The van der Waals surface area contributed by atoms with E-state index in [4.69, 9.17) is 21.1 Å². The Morgan fingerprint density at radius 3 is 2.65 bits per heavy atom. The summed E-state index contributed by atoms with van der Waals surface area (Å²) in [6.45, 7) is 6.87. The molecule has 0 radical (unpaired) electrons. The highest BCUT2D eigenvalue weighted by Gasteiger charge is 2.16. The van der Waals surface area contributed by atoms with Crippen LogP contribution >= 0.6 is 23.4 Å². The number of amides is 1. The number of carbonyl (C=O) groups excluding carboxylic acids is 1. The number of aromatic nitrogens is 4. The standard InChI is InChI=1S/C23H29ClN6O3S/c1-23(2,3)26-21(31)15-33-20-13-18(24)16(12-19(20)32-4)14-25-10-11-34-22-27-28-29-30(22)17-8-6-5-7-9-17/h5-9,12-13,25H,10-11,14-15H2,1-4H3,(H,26,31). The Hall–Kier alpha value is -2.82. The summed E-state index contributed by atoms with van der Waals surface area (Å²) in [7, 11) is 1.55. The van der Waals surface area contributed by atoms with E-state index < -0.39 is 0 Å². The van der Waals surface area contributed by atoms with Crippen LogP contribution in [0, 0.1) is 0 Å². The van der Waals surface area contributed by atoms with E-state index in [9.17, 15) is 4.79 Å². The van der Waals surface area contributed by atoms with Crippen LogP contribution in [0.1, 0.15) is 26.3 Å². The summed E-state index contributed by atoms with van der Waals surface area (Å²) in [5.74, 6) is 1.49. The molecule has 0 fully saturated rings. The van der Waals surface area contributed by atoms with Crippen molar-refractivity contribution < 1.29 is 14.3 Å². The molecule has 0 aliphatic heterocycles. The minimum Gasteiger partial charge on any atom is -0.493 e. The molecule has 3 aromatic rings. The first-order valence-electron chi connectivity index (χ1n) is 10.7. The van der Waals surface area contributed by atoms with Crippen LogP contribution in [0.4, 0.5) is 0 Å². The Morgan fingerprint density at radius 1 is 1.18 bits per heavy atom. The van der Waals surface area contributed by atoms with Gasteiger partial charge in [0.1, 0.15) is 0 Å². The number of thioether (sulfide) groups is 1. The fraction of sp³-hybridized carbons (Fsp3) is 0.391. The van der Waals surface area contributed by atoms with Gasteiger partial charge in [-0.05, 0) is 55.0 Å². The molecule has 34 heavy (non-hydrogen) atoms. The quantitative estimate of drug-likeness (QED) is 0.302. The smallest absolute Gasteiger partial charge is 0.258 e. The molecular weight excluding hydrogens is 476 g/mol. The van der Waals surface area contributed by atoms with Crippen molar-refractivity contribution in [2.45, 2.75) is 38.0 Å². The zero-order valence-electron chi connectivity index (χ0n) is 19.7. The van der Waals surface area contributed by atoms with Crippen LogP contribution in [-0.4, -0.2) is 57.7 Å². The van der Waals surface area contributed by atoms with E-state index >= 15 is 0 Å². The maximum atomic E-state index is 12.0. The van der Waals surface area contributed by atoms with Crippen molar-refractivity contribution in [2.75, 3.05) is 26.0 Å². The fourth-order valence-electron chi connectivity index (χ4n) is 3.02. The van der Waals surface area contributed by atoms with E-state index in [-0.39, 0.29) is 18.1 Å². The molecule has 0 atom stereocenters. The SMILES string of the molecule is COc1cc(CNCCSc2nnnn2-c2ccccc2)c(Cl)cc1OCC(=O)NC(C)(C)C. The number of nitrogens with one attached hydrogen (secondary N) is 2. The van der Waals surface area contributed by atoms with Gasteiger partial charge in [0.2, 0.25) is 5.16 Å². The van der Waals surface area contributed by atoms with Gasteiger partial charge >= 0.3 is 0 Å². The summed E-state index contributed by atoms with van der Waals surface area (Å²) in [6.07, 6.45) is 0. The number of nitrogens with zero attached hydrogens (tertiary/aromatic N) is 4. The van der Waals surface area contributed by atoms with Gasteiger partial charge in [-0.1, -0.05) is 41.6 Å². The highest BCUT2D eigenvalue weighted by Crippen LogP contribution is 2.33. The van der Waals surface area contributed by atoms with E-state index in [0.29, 0.717) is 23.1 Å². The maximum Gasteiger partial charge on any atom is 0.258 e. The van der Waals surface area contributed by atoms with Crippen molar-refractivity contribution in [1.82, 2.24) is 30.8 Å². The molecule has 0 saturated heterocycles. The van der Waals surface area contributed by atoms with Gasteiger partial charge in [-0.3, -0.25) is 4.79 Å². The lowest BCUT2D eigenvalue weighted by atomic mass is 10.1. The number of hydrogen-bond acceptors (Lipinski definition) is 8. The Morgan fingerprint density at radius 2 is 1.94 bits per heavy atom. The van der Waals surface area contributed by atoms with Gasteiger partial charge in [0.05, 0.1) is 12.8 Å². The number of methoxy groups -OCH3 is 1. The third-order valence-electron chi connectivity index (χ3n) is 4.47. The van der Waals surface area contributed by atoms with E-state index in [1.165, 1.54) is 0 Å². The monoisotopic (exact) mass is 504 g/mol. The highest BCUT2D eigenvalue weighted by atomic mass is 35.5. The molecule has 11 heteroatoms. The van der Waals surface area contributed by atoms with Gasteiger partial charge in [-0.25, -0.2) is 0 Å². The first kappa shape index (κ1) is 25.8. The number of ether oxygens (including phenoxy) is 2. The normalized spacial score (nSPS) is 11.3. The lowest BCUT2D eigenvalue weighted by Crippen LogP contribution is -2.43. The van der Waals surface area contributed by atoms with Crippen molar-refractivity contribution in [3.05, 3.63) is 53.1 Å². The fourth-order valence-corrected chi connectivity index (χ4v) is 4.03. The lowest BCUT2D eigenvalue weighted by Gasteiger charge is -2.21. The minimum absolute atomic E-state index is 0.124. The second kappa shape index (κ2) is 12.0. The van der Waals surface area contributed by atoms with Crippen LogP contribution in [-0.2, 0) is 11.3 Å². The number of hydrogen-bond donors (Lipinski definition) is 2. The molecule has 2 N–H and O–H groups in total. The van der Waals surface area contributed by atoms with Crippen molar-refractivity contribution in [1.29, 1.82) is 0 Å². The zero-order chi connectivity index (χ0) is 24.6. The molecule has 0 spiro atoms. The third-order valence-corrected chi connectivity index (χ3v) is 5.75. The van der Waals surface area contributed by atoms with E-state index in [1.807, 2.05) is 57.2 Å². The number of rotatable bonds is 11. The molecule has 3 rings (SSSR count). The van der Waals surface area contributed by atoms with Crippen molar-refractivity contribution in [2.24, 2.45) is 0 Å². The van der Waals surface area contributed by atoms with Crippen LogP contribution in [0.3, 0.4) is 0 Å². The second-order valence-electron chi connectivity index (χ2n) is 8.42. The van der Waals surface area contributed by atoms with Crippen molar-refractivity contribution in [3.8, 4) is 17.2 Å². The molecule has 1 heterocycles. The summed E-state index contributed by atoms with van der Waals surface area (Å²) in [5.41, 5.74) is 1.45. The van der Waals surface area contributed by atoms with Crippen molar-refractivity contribution in [3.63, 3.8) is 0 Å². The largest absolute Gasteiger partial charge is 0.493 e. The number of carbonyl (C=O) groups is 1. The van der Waals surface area contributed by atoms with Gasteiger partial charge in [0.25, 0.3) is 5.91 Å². The van der Waals surface area contributed by atoms with Gasteiger partial charge in [0, 0.05) is 35.5 Å². The molecule has 0 bridgehead atoms. The van der Waals surface area contributed by atoms with Crippen LogP contribution in [0.15, 0.2) is 47.6 Å². The predicted octanol–water partition coefficient (Wildman–Crippen LogP) is 3.50. The van der Waals surface area contributed by atoms with E-state index in [0.717, 1.165) is 28.7 Å². The Kier molecular flexibility index (Phi) is 9.14. The molecule has 1 aromatic heterocycles. The molecular formula is C23H29ClN6O3S. The Balaban J connectivity index is 1.50. The van der Waals surface area contributed by atoms with Crippen molar-refractivity contribution >= 4 is 29.3 Å². The minimum atomic E-state index is -0.330. The Bertz CT molecular complexity index is 1090. The van der Waals surface area contributed by atoms with Crippen LogP contribution in [0.5, 0.6) is 11.5 Å². The number of tetrazole rings is 1. The zero-order valence-corrected chi connectivity index (χ0v) is 21.2. The van der Waals surface area contributed by atoms with E-state index in [1.54, 1.807) is 29.6 Å². The topological polar surface area (TPSA) is 103 Å². The molecule has 0 unspecified atom stereocenters. The summed E-state index contributed by atoms with van der Waals surface area (Å²) in [4.78, 5) is 12.0. The molecule has 9 nitrogen and oxygen atoms in total. The van der Waals surface area contributed by atoms with Crippen LogP contribution in [0.25, 0.3) is 5.69 Å². The summed E-state index contributed by atoms with van der Waals surface area (Å²) in [6, 6.07) is 13.2. The molecule has 2 aromatic carbocycles. The first-order valence-corrected chi connectivity index (χ1v) is 12.1. The highest BCUT2D eigenvalue weighted by molar-refractivity contribution is 7.99. The average molecular weight is 505 g/mol. The second-order valence-corrected chi connectivity index (χ2v) is 9.88. The van der Waals surface area contributed by atoms with Gasteiger partial charge in [-0.2, -0.15) is 4.68 Å². The number of halogens is 1. The third kappa shape index (κ3) is 7.61. The average Bonchev–Trinajstić information content (AvgIpc) is 3.26. The molecule has 0 aliphatic rings. The van der Waals surface area contributed by atoms with Crippen LogP contribution in [0.2, 0.25) is 5.02 Å². The Labute approximate surface area is 208 Å². The first-order chi connectivity index (χ1) is 16.3. The van der Waals surface area contributed by atoms with E-state index in [2.05, 4.69) is 26.2 Å². The van der Waals surface area contributed by atoms with Gasteiger partial charge < -0.3 is 20.1 Å². The molecule has 1 amide bonds. The van der Waals surface area contributed by atoms with Gasteiger partial charge in [0.15, 0.2) is 18.1 Å². The number of para-hydroxylation sites is 1.